The van der Waals surface area contributed by atoms with E-state index in [0.29, 0.717) is 55.8 Å². The molecule has 5 aromatic rings. The molecular formula is C46H49N5O6. The number of hydrogen-bond acceptors (Lipinski definition) is 6. The number of benzene rings is 4. The lowest BCUT2D eigenvalue weighted by atomic mass is 9.90. The van der Waals surface area contributed by atoms with E-state index in [1.807, 2.05) is 59.8 Å². The van der Waals surface area contributed by atoms with E-state index in [-0.39, 0.29) is 36.1 Å². The average Bonchev–Trinajstić information content (AvgIpc) is 3.51. The van der Waals surface area contributed by atoms with Crippen LogP contribution in [0, 0.1) is 6.92 Å². The van der Waals surface area contributed by atoms with Crippen molar-refractivity contribution in [1.82, 2.24) is 24.6 Å². The van der Waals surface area contributed by atoms with Crippen LogP contribution < -0.4 is 10.1 Å². The Hall–Kier alpha value is -6.36. The molecule has 0 saturated carbocycles. The number of aromatic nitrogens is 1. The lowest BCUT2D eigenvalue weighted by Gasteiger charge is -2.36. The molecule has 0 aliphatic carbocycles. The predicted octanol–water partition coefficient (Wildman–Crippen LogP) is 6.80. The third-order valence-electron chi connectivity index (χ3n) is 11.3. The van der Waals surface area contributed by atoms with E-state index in [9.17, 15) is 24.3 Å². The van der Waals surface area contributed by atoms with Crippen molar-refractivity contribution in [3.05, 3.63) is 141 Å². The van der Waals surface area contributed by atoms with Gasteiger partial charge in [-0.3, -0.25) is 14.4 Å². The number of aromatic hydroxyl groups is 1. The standard InChI is InChI=1S/C46H49N5O6/c1-29-21-33-10-6-7-11-35(33)28-51(29)45(55)41-24-36-27-50(46(56)57-38-12-8-9-31(22-38)15-18-43(53)48(3)4)20-19-34(36)23-40(41)42-25-39(30(2)49(42)5)44(54)47-26-32-13-16-37(52)17-14-32/h6-14,16-17,22-25,29,52H,15,18-21,26-28H2,1-5H3,(H,47,54)/t29-/m1/s1. The fraction of sp³-hybridized carbons (Fsp3) is 0.304. The molecule has 4 aromatic carbocycles. The van der Waals surface area contributed by atoms with Crippen LogP contribution in [0.2, 0.25) is 0 Å². The first-order valence-electron chi connectivity index (χ1n) is 19.4. The van der Waals surface area contributed by atoms with Gasteiger partial charge >= 0.3 is 6.09 Å². The lowest BCUT2D eigenvalue weighted by molar-refractivity contribution is -0.128. The number of carbonyl (C=O) groups is 4. The Morgan fingerprint density at radius 3 is 2.35 bits per heavy atom. The number of carbonyl (C=O) groups excluding carboxylic acids is 4. The second-order valence-corrected chi connectivity index (χ2v) is 15.3. The highest BCUT2D eigenvalue weighted by atomic mass is 16.6. The summed E-state index contributed by atoms with van der Waals surface area (Å²) in [4.78, 5) is 59.3. The summed E-state index contributed by atoms with van der Waals surface area (Å²) < 4.78 is 7.81. The zero-order chi connectivity index (χ0) is 40.4. The van der Waals surface area contributed by atoms with Crippen molar-refractivity contribution < 1.29 is 29.0 Å². The highest BCUT2D eigenvalue weighted by Crippen LogP contribution is 2.35. The predicted molar refractivity (Wildman–Crippen MR) is 218 cm³/mol. The van der Waals surface area contributed by atoms with Crippen LogP contribution in [0.5, 0.6) is 11.5 Å². The first-order chi connectivity index (χ1) is 27.4. The molecule has 0 unspecified atom stereocenters. The van der Waals surface area contributed by atoms with Crippen LogP contribution in [0.3, 0.4) is 0 Å². The molecule has 0 saturated heterocycles. The number of amides is 4. The van der Waals surface area contributed by atoms with Crippen molar-refractivity contribution in [2.75, 3.05) is 20.6 Å². The minimum Gasteiger partial charge on any atom is -0.508 e. The number of aryl methyl sites for hydroxylation is 1. The zero-order valence-electron chi connectivity index (χ0n) is 33.2. The number of hydrogen-bond donors (Lipinski definition) is 2. The molecule has 1 atom stereocenters. The number of phenols is 1. The van der Waals surface area contributed by atoms with Crippen molar-refractivity contribution in [3.8, 4) is 22.8 Å². The van der Waals surface area contributed by atoms with E-state index in [4.69, 9.17) is 4.74 Å². The first-order valence-corrected chi connectivity index (χ1v) is 19.4. The van der Waals surface area contributed by atoms with Crippen molar-refractivity contribution in [2.45, 2.75) is 65.2 Å². The van der Waals surface area contributed by atoms with Crippen LogP contribution in [0.25, 0.3) is 11.3 Å². The van der Waals surface area contributed by atoms with Crippen LogP contribution in [-0.4, -0.2) is 74.9 Å². The van der Waals surface area contributed by atoms with Crippen molar-refractivity contribution in [1.29, 1.82) is 0 Å². The Morgan fingerprint density at radius 1 is 0.842 bits per heavy atom. The zero-order valence-corrected chi connectivity index (χ0v) is 33.2. The number of rotatable bonds is 9. The topological polar surface area (TPSA) is 124 Å². The van der Waals surface area contributed by atoms with Crippen molar-refractivity contribution in [3.63, 3.8) is 0 Å². The molecule has 11 heteroatoms. The molecule has 0 spiro atoms. The van der Waals surface area contributed by atoms with Crippen LogP contribution in [-0.2, 0) is 50.7 Å². The Labute approximate surface area is 333 Å². The van der Waals surface area contributed by atoms with Gasteiger partial charge in [0.05, 0.1) is 5.56 Å². The minimum atomic E-state index is -0.485. The summed E-state index contributed by atoms with van der Waals surface area (Å²) in [6, 6.07) is 28.0. The molecule has 2 N–H and O–H groups in total. The maximum absolute atomic E-state index is 14.8. The Balaban J connectivity index is 1.18. The Kier molecular flexibility index (Phi) is 11.2. The Bertz CT molecular complexity index is 2350. The number of phenolic OH excluding ortho intramolecular Hbond substituents is 1. The monoisotopic (exact) mass is 767 g/mol. The summed E-state index contributed by atoms with van der Waals surface area (Å²) >= 11 is 0. The van der Waals surface area contributed by atoms with Gasteiger partial charge in [0, 0.05) is 82.3 Å². The largest absolute Gasteiger partial charge is 0.508 e. The van der Waals surface area contributed by atoms with Gasteiger partial charge in [-0.05, 0) is 109 Å². The van der Waals surface area contributed by atoms with Crippen molar-refractivity contribution >= 4 is 23.8 Å². The maximum atomic E-state index is 14.8. The smallest absolute Gasteiger partial charge is 0.415 e. The van der Waals surface area contributed by atoms with E-state index in [1.54, 1.807) is 60.3 Å². The van der Waals surface area contributed by atoms with Crippen LogP contribution >= 0.6 is 0 Å². The number of nitrogens with one attached hydrogen (secondary N) is 1. The maximum Gasteiger partial charge on any atom is 0.415 e. The molecule has 3 heterocycles. The molecule has 0 radical (unpaired) electrons. The van der Waals surface area contributed by atoms with Gasteiger partial charge in [0.25, 0.3) is 11.8 Å². The third kappa shape index (κ3) is 8.42. The summed E-state index contributed by atoms with van der Waals surface area (Å²) in [6.45, 7) is 5.42. The van der Waals surface area contributed by atoms with Gasteiger partial charge < -0.3 is 34.4 Å². The van der Waals surface area contributed by atoms with Gasteiger partial charge in [0.1, 0.15) is 11.5 Å². The second kappa shape index (κ2) is 16.4. The van der Waals surface area contributed by atoms with Crippen LogP contribution in [0.15, 0.2) is 91.0 Å². The van der Waals surface area contributed by atoms with E-state index in [1.165, 1.54) is 5.56 Å². The summed E-state index contributed by atoms with van der Waals surface area (Å²) in [5.41, 5.74) is 9.24. The average molecular weight is 768 g/mol. The third-order valence-corrected chi connectivity index (χ3v) is 11.3. The van der Waals surface area contributed by atoms with E-state index in [0.717, 1.165) is 51.2 Å². The fourth-order valence-electron chi connectivity index (χ4n) is 7.74. The van der Waals surface area contributed by atoms with Gasteiger partial charge in [-0.25, -0.2) is 4.79 Å². The van der Waals surface area contributed by atoms with Gasteiger partial charge in [-0.15, -0.1) is 0 Å². The quantitative estimate of drug-likeness (QED) is 0.170. The molecule has 2 aliphatic rings. The molecule has 7 rings (SSSR count). The lowest BCUT2D eigenvalue weighted by Crippen LogP contribution is -2.43. The molecule has 0 fully saturated rings. The van der Waals surface area contributed by atoms with Crippen LogP contribution in [0.4, 0.5) is 4.79 Å². The number of ether oxygens (including phenoxy) is 1. The van der Waals surface area contributed by atoms with E-state index >= 15 is 0 Å². The molecule has 294 valence electrons. The highest BCUT2D eigenvalue weighted by molar-refractivity contribution is 6.03. The van der Waals surface area contributed by atoms with Gasteiger partial charge in [0.15, 0.2) is 0 Å². The molecule has 0 bridgehead atoms. The summed E-state index contributed by atoms with van der Waals surface area (Å²) in [5, 5.41) is 12.7. The summed E-state index contributed by atoms with van der Waals surface area (Å²) in [6.07, 6.45) is 1.70. The second-order valence-electron chi connectivity index (χ2n) is 15.3. The molecule has 4 amide bonds. The molecular weight excluding hydrogens is 719 g/mol. The molecule has 11 nitrogen and oxygen atoms in total. The highest BCUT2D eigenvalue weighted by Gasteiger charge is 2.32. The molecule has 57 heavy (non-hydrogen) atoms. The minimum absolute atomic E-state index is 0.0279. The number of fused-ring (bicyclic) bond motifs is 2. The first kappa shape index (κ1) is 38.9. The van der Waals surface area contributed by atoms with E-state index in [2.05, 4.69) is 30.4 Å². The van der Waals surface area contributed by atoms with Gasteiger partial charge in [0.2, 0.25) is 5.91 Å². The molecule has 1 aromatic heterocycles. The van der Waals surface area contributed by atoms with Crippen molar-refractivity contribution in [2.24, 2.45) is 7.05 Å². The summed E-state index contributed by atoms with van der Waals surface area (Å²) in [5.74, 6) is 0.244. The number of nitrogens with zero attached hydrogens (tertiary/aromatic N) is 4. The van der Waals surface area contributed by atoms with E-state index < -0.39 is 6.09 Å². The fourth-order valence-corrected chi connectivity index (χ4v) is 7.74. The SMILES string of the molecule is Cc1c(C(=O)NCc2ccc(O)cc2)cc(-c2cc3c(cc2C(=O)N2Cc4ccccc4C[C@H]2C)CN(C(=O)Oc2cccc(CCC(=O)N(C)C)c2)CC3)n1C. The normalized spacial score (nSPS) is 14.7. The summed E-state index contributed by atoms with van der Waals surface area (Å²) in [7, 11) is 5.36. The van der Waals surface area contributed by atoms with Gasteiger partial charge in [-0.2, -0.15) is 0 Å². The molecule has 2 aliphatic heterocycles. The van der Waals surface area contributed by atoms with Crippen LogP contribution in [0.1, 0.15) is 73.1 Å². The van der Waals surface area contributed by atoms with Gasteiger partial charge in [-0.1, -0.05) is 48.5 Å². The Morgan fingerprint density at radius 2 is 1.60 bits per heavy atom.